The fraction of sp³-hybridized carbons (Fsp3) is 0.727. The molecule has 0 aromatic rings. The summed E-state index contributed by atoms with van der Waals surface area (Å²) in [6, 6.07) is 0. The molecule has 2 atom stereocenters. The van der Waals surface area contributed by atoms with Crippen LogP contribution in [0.1, 0.15) is 34.1 Å². The predicted octanol–water partition coefficient (Wildman–Crippen LogP) is 2.81. The molecular weight excluding hydrogens is 148 g/mol. The van der Waals surface area contributed by atoms with Crippen molar-refractivity contribution in [1.82, 2.24) is 0 Å². The van der Waals surface area contributed by atoms with Crippen LogP contribution in [0.15, 0.2) is 12.2 Å². The molecule has 0 spiro atoms. The zero-order valence-corrected chi connectivity index (χ0v) is 8.42. The van der Waals surface area contributed by atoms with Crippen molar-refractivity contribution in [3.05, 3.63) is 12.2 Å². The summed E-state index contributed by atoms with van der Waals surface area (Å²) in [6.45, 7) is 8.16. The van der Waals surface area contributed by atoms with E-state index in [1.165, 1.54) is 0 Å². The van der Waals surface area contributed by atoms with Crippen LogP contribution in [0.4, 0.5) is 0 Å². The van der Waals surface area contributed by atoms with Gasteiger partial charge in [0.25, 0.3) is 0 Å². The number of carbonyl (C=O) groups is 1. The number of hydrogen-bond acceptors (Lipinski definition) is 1. The van der Waals surface area contributed by atoms with Crippen LogP contribution in [0.25, 0.3) is 0 Å². The van der Waals surface area contributed by atoms with E-state index in [-0.39, 0.29) is 11.3 Å². The number of Topliss-reactive ketones (excluding diaryl/α,β-unsaturated/α-hetero) is 1. The molecule has 12 heavy (non-hydrogen) atoms. The first kappa shape index (κ1) is 9.50. The molecule has 1 aliphatic carbocycles. The van der Waals surface area contributed by atoms with Crippen molar-refractivity contribution in [2.24, 2.45) is 17.3 Å². The monoisotopic (exact) mass is 166 g/mol. The molecule has 1 heteroatoms. The van der Waals surface area contributed by atoms with E-state index in [2.05, 4.69) is 32.9 Å². The van der Waals surface area contributed by atoms with Crippen molar-refractivity contribution in [1.29, 1.82) is 0 Å². The van der Waals surface area contributed by atoms with Gasteiger partial charge >= 0.3 is 0 Å². The van der Waals surface area contributed by atoms with E-state index in [4.69, 9.17) is 0 Å². The molecule has 2 unspecified atom stereocenters. The molecule has 0 bridgehead atoms. The van der Waals surface area contributed by atoms with Gasteiger partial charge in [0, 0.05) is 5.92 Å². The molecular formula is C11H18O. The molecule has 1 rings (SSSR count). The minimum atomic E-state index is 0.0590. The number of hydrogen-bond donors (Lipinski definition) is 0. The molecule has 0 aromatic carbocycles. The third-order valence-electron chi connectivity index (χ3n) is 2.86. The third-order valence-corrected chi connectivity index (χ3v) is 2.86. The molecule has 1 aliphatic rings. The average Bonchev–Trinajstić information content (AvgIpc) is 1.82. The van der Waals surface area contributed by atoms with Crippen LogP contribution in [-0.2, 0) is 4.79 Å². The SMILES string of the molecule is CC(=O)C1C(C)CC=CC1(C)C. The second-order valence-corrected chi connectivity index (χ2v) is 4.53. The van der Waals surface area contributed by atoms with E-state index in [1.807, 2.05) is 0 Å². The first-order chi connectivity index (χ1) is 5.45. The number of rotatable bonds is 1. The van der Waals surface area contributed by atoms with Crippen LogP contribution in [0.5, 0.6) is 0 Å². The first-order valence-corrected chi connectivity index (χ1v) is 4.63. The summed E-state index contributed by atoms with van der Waals surface area (Å²) in [7, 11) is 0. The van der Waals surface area contributed by atoms with Crippen molar-refractivity contribution >= 4 is 5.78 Å². The Labute approximate surface area is 74.9 Å². The first-order valence-electron chi connectivity index (χ1n) is 4.63. The van der Waals surface area contributed by atoms with E-state index in [9.17, 15) is 4.79 Å². The fourth-order valence-electron chi connectivity index (χ4n) is 2.48. The van der Waals surface area contributed by atoms with Gasteiger partial charge in [0.2, 0.25) is 0 Å². The number of ketones is 1. The molecule has 0 amide bonds. The zero-order chi connectivity index (χ0) is 9.35. The fourth-order valence-corrected chi connectivity index (χ4v) is 2.48. The van der Waals surface area contributed by atoms with Crippen molar-refractivity contribution in [2.75, 3.05) is 0 Å². The van der Waals surface area contributed by atoms with Gasteiger partial charge in [-0.1, -0.05) is 32.9 Å². The summed E-state index contributed by atoms with van der Waals surface area (Å²) >= 11 is 0. The Hall–Kier alpha value is -0.590. The van der Waals surface area contributed by atoms with Crippen LogP contribution in [0.2, 0.25) is 0 Å². The molecule has 0 saturated carbocycles. The average molecular weight is 166 g/mol. The lowest BCUT2D eigenvalue weighted by molar-refractivity contribution is -0.125. The minimum Gasteiger partial charge on any atom is -0.300 e. The van der Waals surface area contributed by atoms with Crippen molar-refractivity contribution in [3.8, 4) is 0 Å². The number of allylic oxidation sites excluding steroid dienone is 2. The van der Waals surface area contributed by atoms with Gasteiger partial charge in [0.05, 0.1) is 0 Å². The lowest BCUT2D eigenvalue weighted by atomic mass is 9.66. The summed E-state index contributed by atoms with van der Waals surface area (Å²) in [4.78, 5) is 11.4. The van der Waals surface area contributed by atoms with Gasteiger partial charge in [-0.3, -0.25) is 4.79 Å². The third kappa shape index (κ3) is 1.60. The smallest absolute Gasteiger partial charge is 0.134 e. The molecule has 0 aliphatic heterocycles. The van der Waals surface area contributed by atoms with Gasteiger partial charge in [-0.25, -0.2) is 0 Å². The summed E-state index contributed by atoms with van der Waals surface area (Å²) in [5.74, 6) is 1.04. The molecule has 0 fully saturated rings. The number of carbonyl (C=O) groups excluding carboxylic acids is 1. The van der Waals surface area contributed by atoms with Gasteiger partial charge in [-0.2, -0.15) is 0 Å². The van der Waals surface area contributed by atoms with Crippen molar-refractivity contribution in [2.45, 2.75) is 34.1 Å². The highest BCUT2D eigenvalue weighted by Crippen LogP contribution is 2.39. The van der Waals surface area contributed by atoms with E-state index in [0.29, 0.717) is 11.7 Å². The maximum atomic E-state index is 11.4. The Kier molecular flexibility index (Phi) is 2.41. The Morgan fingerprint density at radius 3 is 2.42 bits per heavy atom. The highest BCUT2D eigenvalue weighted by Gasteiger charge is 2.36. The van der Waals surface area contributed by atoms with Gasteiger partial charge < -0.3 is 0 Å². The molecule has 1 nitrogen and oxygen atoms in total. The quantitative estimate of drug-likeness (QED) is 0.547. The summed E-state index contributed by atoms with van der Waals surface area (Å²) in [6.07, 6.45) is 5.43. The van der Waals surface area contributed by atoms with E-state index < -0.39 is 0 Å². The molecule has 68 valence electrons. The topological polar surface area (TPSA) is 17.1 Å². The van der Waals surface area contributed by atoms with E-state index in [0.717, 1.165) is 6.42 Å². The lowest BCUT2D eigenvalue weighted by Gasteiger charge is -2.37. The zero-order valence-electron chi connectivity index (χ0n) is 8.42. The Morgan fingerprint density at radius 1 is 1.50 bits per heavy atom. The Balaban J connectivity index is 2.93. The second kappa shape index (κ2) is 3.04. The van der Waals surface area contributed by atoms with Crippen LogP contribution in [0.3, 0.4) is 0 Å². The maximum absolute atomic E-state index is 11.4. The second-order valence-electron chi connectivity index (χ2n) is 4.53. The molecule has 0 N–H and O–H groups in total. The molecule has 0 heterocycles. The molecule has 0 aromatic heterocycles. The highest BCUT2D eigenvalue weighted by molar-refractivity contribution is 5.80. The van der Waals surface area contributed by atoms with Crippen molar-refractivity contribution < 1.29 is 4.79 Å². The highest BCUT2D eigenvalue weighted by atomic mass is 16.1. The van der Waals surface area contributed by atoms with E-state index in [1.54, 1.807) is 6.92 Å². The lowest BCUT2D eigenvalue weighted by Crippen LogP contribution is -2.35. The summed E-state index contributed by atoms with van der Waals surface area (Å²) < 4.78 is 0. The van der Waals surface area contributed by atoms with Crippen LogP contribution in [-0.4, -0.2) is 5.78 Å². The standard InChI is InChI=1S/C11H18O/c1-8-6-5-7-11(3,4)10(8)9(2)12/h5,7-8,10H,6H2,1-4H3. The minimum absolute atomic E-state index is 0.0590. The van der Waals surface area contributed by atoms with Crippen LogP contribution >= 0.6 is 0 Å². The van der Waals surface area contributed by atoms with E-state index >= 15 is 0 Å². The van der Waals surface area contributed by atoms with Gasteiger partial charge in [0.1, 0.15) is 5.78 Å². The van der Waals surface area contributed by atoms with Crippen LogP contribution < -0.4 is 0 Å². The maximum Gasteiger partial charge on any atom is 0.134 e. The Bertz CT molecular complexity index is 213. The predicted molar refractivity (Wildman–Crippen MR) is 50.9 cm³/mol. The Morgan fingerprint density at radius 2 is 2.08 bits per heavy atom. The van der Waals surface area contributed by atoms with Crippen LogP contribution in [0, 0.1) is 17.3 Å². The normalized spacial score (nSPS) is 33.3. The van der Waals surface area contributed by atoms with Gasteiger partial charge in [-0.05, 0) is 24.7 Å². The molecule has 0 saturated heterocycles. The summed E-state index contributed by atoms with van der Waals surface area (Å²) in [5.41, 5.74) is 0.0590. The summed E-state index contributed by atoms with van der Waals surface area (Å²) in [5, 5.41) is 0. The molecule has 0 radical (unpaired) electrons. The van der Waals surface area contributed by atoms with Gasteiger partial charge in [0.15, 0.2) is 0 Å². The largest absolute Gasteiger partial charge is 0.300 e. The van der Waals surface area contributed by atoms with Crippen molar-refractivity contribution in [3.63, 3.8) is 0 Å². The van der Waals surface area contributed by atoms with Gasteiger partial charge in [-0.15, -0.1) is 0 Å².